The third-order valence-electron chi connectivity index (χ3n) is 4.05. The van der Waals surface area contributed by atoms with Gasteiger partial charge in [-0.25, -0.2) is 8.42 Å². The predicted molar refractivity (Wildman–Crippen MR) is 93.3 cm³/mol. The van der Waals surface area contributed by atoms with Crippen molar-refractivity contribution in [2.24, 2.45) is 4.40 Å². The van der Waals surface area contributed by atoms with E-state index in [9.17, 15) is 13.2 Å². The van der Waals surface area contributed by atoms with Gasteiger partial charge in [0.15, 0.2) is 5.84 Å². The number of furan rings is 1. The van der Waals surface area contributed by atoms with Gasteiger partial charge in [0, 0.05) is 19.3 Å². The van der Waals surface area contributed by atoms with Gasteiger partial charge in [-0.3, -0.25) is 9.69 Å². The first-order valence-corrected chi connectivity index (χ1v) is 9.44. The highest BCUT2D eigenvalue weighted by Gasteiger charge is 2.30. The number of amidine groups is 1. The molecule has 134 valence electrons. The van der Waals surface area contributed by atoms with Gasteiger partial charge < -0.3 is 14.6 Å². The highest BCUT2D eigenvalue weighted by molar-refractivity contribution is 7.90. The fourth-order valence-corrected chi connectivity index (χ4v) is 3.68. The molecule has 0 saturated heterocycles. The first-order valence-electron chi connectivity index (χ1n) is 7.83. The van der Waals surface area contributed by atoms with Crippen LogP contribution in [0.15, 0.2) is 51.1 Å². The average molecular weight is 364 g/mol. The Bertz CT molecular complexity index is 837. The van der Waals surface area contributed by atoms with Gasteiger partial charge in [-0.05, 0) is 38.4 Å². The summed E-state index contributed by atoms with van der Waals surface area (Å²) in [6.45, 7) is 0.607. The molecule has 0 fully saturated rings. The molecule has 1 unspecified atom stereocenters. The molecule has 0 aromatic carbocycles. The van der Waals surface area contributed by atoms with Crippen molar-refractivity contribution in [3.05, 3.63) is 48.1 Å². The summed E-state index contributed by atoms with van der Waals surface area (Å²) in [5.41, 5.74) is 0.239. The van der Waals surface area contributed by atoms with Crippen molar-refractivity contribution in [3.8, 4) is 0 Å². The zero-order chi connectivity index (χ0) is 18.0. The minimum atomic E-state index is -3.53. The number of fused-ring (bicyclic) bond motifs is 1. The Kier molecular flexibility index (Phi) is 4.78. The van der Waals surface area contributed by atoms with E-state index in [1.165, 1.54) is 0 Å². The summed E-state index contributed by atoms with van der Waals surface area (Å²) in [6, 6.07) is 3.51. The largest absolute Gasteiger partial charge is 0.468 e. The van der Waals surface area contributed by atoms with E-state index in [1.54, 1.807) is 35.6 Å². The van der Waals surface area contributed by atoms with E-state index in [0.717, 1.165) is 5.76 Å². The van der Waals surface area contributed by atoms with Gasteiger partial charge in [-0.15, -0.1) is 4.40 Å². The van der Waals surface area contributed by atoms with Gasteiger partial charge in [0.25, 0.3) is 15.9 Å². The number of hydrogen-bond acceptors (Lipinski definition) is 6. The van der Waals surface area contributed by atoms with Crippen LogP contribution in [0.5, 0.6) is 0 Å². The van der Waals surface area contributed by atoms with Crippen LogP contribution in [-0.2, 0) is 14.8 Å². The van der Waals surface area contributed by atoms with Crippen LogP contribution >= 0.6 is 0 Å². The van der Waals surface area contributed by atoms with Crippen LogP contribution in [0.3, 0.4) is 0 Å². The molecule has 9 heteroatoms. The molecule has 0 radical (unpaired) electrons. The maximum atomic E-state index is 12.6. The first-order chi connectivity index (χ1) is 11.9. The number of allylic oxidation sites excluding steroid dienone is 2. The lowest BCUT2D eigenvalue weighted by molar-refractivity contribution is -0.117. The lowest BCUT2D eigenvalue weighted by atomic mass is 10.1. The Hall–Kier alpha value is -2.39. The van der Waals surface area contributed by atoms with E-state index in [4.69, 9.17) is 4.42 Å². The highest BCUT2D eigenvalue weighted by Crippen LogP contribution is 2.20. The molecule has 8 nitrogen and oxygen atoms in total. The van der Waals surface area contributed by atoms with Crippen molar-refractivity contribution in [2.75, 3.05) is 32.9 Å². The smallest absolute Gasteiger partial charge is 0.256 e. The minimum absolute atomic E-state index is 0.0586. The SMILES string of the molecule is CN(C)C(CNC(=O)C1=CC=CN2CCS(=O)(=O)N=C12)c1ccco1. The molecule has 3 rings (SSSR count). The molecule has 2 aliphatic rings. The molecule has 1 aromatic heterocycles. The number of rotatable bonds is 5. The molecule has 1 atom stereocenters. The van der Waals surface area contributed by atoms with Gasteiger partial charge >= 0.3 is 0 Å². The third kappa shape index (κ3) is 3.83. The van der Waals surface area contributed by atoms with Gasteiger partial charge in [0.1, 0.15) is 5.76 Å². The summed E-state index contributed by atoms with van der Waals surface area (Å²) < 4.78 is 32.7. The van der Waals surface area contributed by atoms with Crippen LogP contribution < -0.4 is 5.32 Å². The zero-order valence-corrected chi connectivity index (χ0v) is 14.9. The number of nitrogens with zero attached hydrogens (tertiary/aromatic N) is 3. The molecule has 3 heterocycles. The number of carbonyl (C=O) groups excluding carboxylic acids is 1. The Labute approximate surface area is 146 Å². The quantitative estimate of drug-likeness (QED) is 0.817. The van der Waals surface area contributed by atoms with Gasteiger partial charge in [-0.1, -0.05) is 0 Å². The lowest BCUT2D eigenvalue weighted by Gasteiger charge is -2.29. The molecule has 1 N–H and O–H groups in total. The van der Waals surface area contributed by atoms with E-state index >= 15 is 0 Å². The molecular formula is C16H20N4O4S. The summed E-state index contributed by atoms with van der Waals surface area (Å²) in [5, 5.41) is 2.84. The average Bonchev–Trinajstić information content (AvgIpc) is 3.07. The van der Waals surface area contributed by atoms with Crippen molar-refractivity contribution in [3.63, 3.8) is 0 Å². The van der Waals surface area contributed by atoms with Crippen molar-refractivity contribution in [1.82, 2.24) is 15.1 Å². The van der Waals surface area contributed by atoms with Crippen molar-refractivity contribution >= 4 is 21.8 Å². The molecule has 0 spiro atoms. The first kappa shape index (κ1) is 17.4. The van der Waals surface area contributed by atoms with Crippen molar-refractivity contribution in [2.45, 2.75) is 6.04 Å². The Balaban J connectivity index is 1.75. The summed E-state index contributed by atoms with van der Waals surface area (Å²) in [7, 11) is 0.249. The van der Waals surface area contributed by atoms with E-state index < -0.39 is 10.0 Å². The summed E-state index contributed by atoms with van der Waals surface area (Å²) >= 11 is 0. The monoisotopic (exact) mass is 364 g/mol. The number of amides is 1. The molecule has 0 aliphatic carbocycles. The summed E-state index contributed by atoms with van der Waals surface area (Å²) in [4.78, 5) is 16.2. The summed E-state index contributed by atoms with van der Waals surface area (Å²) in [5.74, 6) is 0.480. The fourth-order valence-electron chi connectivity index (χ4n) is 2.70. The molecular weight excluding hydrogens is 344 g/mol. The van der Waals surface area contributed by atoms with Gasteiger partial charge in [-0.2, -0.15) is 0 Å². The van der Waals surface area contributed by atoms with E-state index in [2.05, 4.69) is 9.71 Å². The fraction of sp³-hybridized carbons (Fsp3) is 0.375. The Morgan fingerprint density at radius 3 is 2.96 bits per heavy atom. The van der Waals surface area contributed by atoms with E-state index in [-0.39, 0.29) is 35.7 Å². The summed E-state index contributed by atoms with van der Waals surface area (Å²) in [6.07, 6.45) is 6.59. The van der Waals surface area contributed by atoms with Crippen molar-refractivity contribution < 1.29 is 17.6 Å². The second-order valence-corrected chi connectivity index (χ2v) is 7.78. The lowest BCUT2D eigenvalue weighted by Crippen LogP contribution is -2.43. The molecule has 0 bridgehead atoms. The number of nitrogens with one attached hydrogen (secondary N) is 1. The van der Waals surface area contributed by atoms with Gasteiger partial charge in [0.2, 0.25) is 0 Å². The minimum Gasteiger partial charge on any atom is -0.468 e. The van der Waals surface area contributed by atoms with E-state index in [1.807, 2.05) is 25.1 Å². The second kappa shape index (κ2) is 6.85. The number of likely N-dealkylation sites (N-methyl/N-ethyl adjacent to an activating group) is 1. The number of carbonyl (C=O) groups is 1. The maximum Gasteiger partial charge on any atom is 0.256 e. The number of hydrogen-bond donors (Lipinski definition) is 1. The molecule has 1 aromatic rings. The predicted octanol–water partition coefficient (Wildman–Crippen LogP) is 0.496. The topological polar surface area (TPSA) is 95.2 Å². The Morgan fingerprint density at radius 2 is 2.28 bits per heavy atom. The number of sulfonamides is 1. The van der Waals surface area contributed by atoms with E-state index in [0.29, 0.717) is 6.54 Å². The second-order valence-electron chi connectivity index (χ2n) is 6.02. The van der Waals surface area contributed by atoms with Gasteiger partial charge in [0.05, 0.1) is 23.6 Å². The maximum absolute atomic E-state index is 12.6. The van der Waals surface area contributed by atoms with Crippen LogP contribution in [0.2, 0.25) is 0 Å². The van der Waals surface area contributed by atoms with Crippen LogP contribution in [0.25, 0.3) is 0 Å². The molecule has 1 amide bonds. The Morgan fingerprint density at radius 1 is 1.48 bits per heavy atom. The molecule has 25 heavy (non-hydrogen) atoms. The molecule has 2 aliphatic heterocycles. The van der Waals surface area contributed by atoms with Crippen molar-refractivity contribution in [1.29, 1.82) is 0 Å². The normalized spacial score (nSPS) is 19.9. The van der Waals surface area contributed by atoms with Crippen LogP contribution in [0.4, 0.5) is 0 Å². The third-order valence-corrected chi connectivity index (χ3v) is 5.20. The zero-order valence-electron chi connectivity index (χ0n) is 14.0. The van der Waals surface area contributed by atoms with Crippen LogP contribution in [-0.4, -0.2) is 62.9 Å². The van der Waals surface area contributed by atoms with Crippen LogP contribution in [0.1, 0.15) is 11.8 Å². The van der Waals surface area contributed by atoms with Crippen LogP contribution in [0, 0.1) is 0 Å². The molecule has 0 saturated carbocycles. The highest BCUT2D eigenvalue weighted by atomic mass is 32.2. The standard InChI is InChI=1S/C16H20N4O4S/c1-19(2)13(14-6-4-9-24-14)11-17-16(21)12-5-3-7-20-8-10-25(22,23)18-15(12)20/h3-7,9,13H,8,10-11H2,1-2H3,(H,17,21).